The Kier molecular flexibility index (Phi) is 6.56. The van der Waals surface area contributed by atoms with E-state index >= 15 is 0 Å². The third kappa shape index (κ3) is 5.53. The summed E-state index contributed by atoms with van der Waals surface area (Å²) in [6.07, 6.45) is 10.1. The fraction of sp³-hybridized carbons (Fsp3) is 0.929. The van der Waals surface area contributed by atoms with Gasteiger partial charge in [0.05, 0.1) is 0 Å². The number of rotatable bonds is 5. The van der Waals surface area contributed by atoms with Crippen molar-refractivity contribution in [2.45, 2.75) is 76.8 Å². The minimum Gasteiger partial charge on any atom is -0.343 e. The van der Waals surface area contributed by atoms with Gasteiger partial charge in [0, 0.05) is 25.6 Å². The molecule has 0 spiro atoms. The summed E-state index contributed by atoms with van der Waals surface area (Å²) in [7, 11) is 1.98. The van der Waals surface area contributed by atoms with Crippen molar-refractivity contribution in [3.8, 4) is 0 Å². The van der Waals surface area contributed by atoms with Crippen LogP contribution in [0.1, 0.15) is 64.7 Å². The molecule has 1 atom stereocenters. The number of carbonyl (C=O) groups is 1. The molecule has 1 unspecified atom stereocenters. The van der Waals surface area contributed by atoms with E-state index < -0.39 is 0 Å². The van der Waals surface area contributed by atoms with E-state index in [4.69, 9.17) is 5.73 Å². The molecule has 1 saturated carbocycles. The molecule has 1 aliphatic carbocycles. The minimum absolute atomic E-state index is 0.214. The lowest BCUT2D eigenvalue weighted by molar-refractivity contribution is -0.132. The molecule has 3 heteroatoms. The van der Waals surface area contributed by atoms with Crippen LogP contribution in [0.15, 0.2) is 0 Å². The first-order valence-electron chi connectivity index (χ1n) is 7.12. The number of amides is 1. The highest BCUT2D eigenvalue weighted by Gasteiger charge is 2.20. The van der Waals surface area contributed by atoms with Gasteiger partial charge in [-0.05, 0) is 32.6 Å². The van der Waals surface area contributed by atoms with Gasteiger partial charge in [-0.15, -0.1) is 0 Å². The van der Waals surface area contributed by atoms with E-state index in [0.29, 0.717) is 18.4 Å². The Morgan fingerprint density at radius 3 is 2.41 bits per heavy atom. The number of carbonyl (C=O) groups excluding carboxylic acids is 1. The lowest BCUT2D eigenvalue weighted by Gasteiger charge is -2.27. The van der Waals surface area contributed by atoms with Crippen LogP contribution in [0.3, 0.4) is 0 Å². The van der Waals surface area contributed by atoms with Crippen molar-refractivity contribution in [2.75, 3.05) is 7.05 Å². The predicted octanol–water partition coefficient (Wildman–Crippen LogP) is 2.69. The van der Waals surface area contributed by atoms with Crippen LogP contribution in [-0.2, 0) is 4.79 Å². The van der Waals surface area contributed by atoms with E-state index in [-0.39, 0.29) is 6.04 Å². The molecule has 0 bridgehead atoms. The van der Waals surface area contributed by atoms with Crippen molar-refractivity contribution in [3.63, 3.8) is 0 Å². The highest BCUT2D eigenvalue weighted by Crippen LogP contribution is 2.21. The third-order valence-electron chi connectivity index (χ3n) is 3.82. The minimum atomic E-state index is 0.214. The molecular weight excluding hydrogens is 212 g/mol. The summed E-state index contributed by atoms with van der Waals surface area (Å²) >= 11 is 0. The average Bonchev–Trinajstić information content (AvgIpc) is 2.55. The highest BCUT2D eigenvalue weighted by molar-refractivity contribution is 5.76. The number of nitrogens with two attached hydrogens (primary N) is 1. The van der Waals surface area contributed by atoms with E-state index in [9.17, 15) is 4.79 Å². The van der Waals surface area contributed by atoms with Crippen molar-refractivity contribution in [1.29, 1.82) is 0 Å². The highest BCUT2D eigenvalue weighted by atomic mass is 16.2. The van der Waals surface area contributed by atoms with Crippen LogP contribution in [0, 0.1) is 0 Å². The van der Waals surface area contributed by atoms with E-state index in [2.05, 4.69) is 0 Å². The summed E-state index contributed by atoms with van der Waals surface area (Å²) in [5.41, 5.74) is 5.69. The Balaban J connectivity index is 2.29. The Morgan fingerprint density at radius 1 is 1.29 bits per heavy atom. The molecule has 100 valence electrons. The second-order valence-corrected chi connectivity index (χ2v) is 5.52. The fourth-order valence-electron chi connectivity index (χ4n) is 2.60. The molecule has 1 fully saturated rings. The smallest absolute Gasteiger partial charge is 0.222 e. The van der Waals surface area contributed by atoms with Gasteiger partial charge in [0.15, 0.2) is 0 Å². The first-order chi connectivity index (χ1) is 8.11. The third-order valence-corrected chi connectivity index (χ3v) is 3.82. The molecule has 17 heavy (non-hydrogen) atoms. The van der Waals surface area contributed by atoms with E-state index in [1.54, 1.807) is 0 Å². The molecule has 0 radical (unpaired) electrons. The molecule has 1 amide bonds. The van der Waals surface area contributed by atoms with Gasteiger partial charge < -0.3 is 10.6 Å². The lowest BCUT2D eigenvalue weighted by atomic mass is 10.1. The molecule has 1 rings (SSSR count). The van der Waals surface area contributed by atoms with Crippen LogP contribution >= 0.6 is 0 Å². The van der Waals surface area contributed by atoms with E-state index in [1.165, 1.54) is 38.5 Å². The standard InChI is InChI=1S/C14H28N2O/c1-12(15)8-7-11-14(17)16(2)13-9-5-3-4-6-10-13/h12-13H,3-11,15H2,1-2H3. The molecular formula is C14H28N2O. The maximum absolute atomic E-state index is 12.0. The zero-order valence-electron chi connectivity index (χ0n) is 11.5. The summed E-state index contributed by atoms with van der Waals surface area (Å²) in [5.74, 6) is 0.303. The Labute approximate surface area is 106 Å². The van der Waals surface area contributed by atoms with Crippen LogP contribution < -0.4 is 5.73 Å². The Bertz CT molecular complexity index is 220. The summed E-state index contributed by atoms with van der Waals surface area (Å²) in [5, 5.41) is 0. The monoisotopic (exact) mass is 240 g/mol. The topological polar surface area (TPSA) is 46.3 Å². The van der Waals surface area contributed by atoms with Crippen molar-refractivity contribution >= 4 is 5.91 Å². The van der Waals surface area contributed by atoms with Crippen molar-refractivity contribution in [1.82, 2.24) is 4.90 Å². The summed E-state index contributed by atoms with van der Waals surface area (Å²) < 4.78 is 0. The van der Waals surface area contributed by atoms with Gasteiger partial charge >= 0.3 is 0 Å². The van der Waals surface area contributed by atoms with Gasteiger partial charge in [-0.2, -0.15) is 0 Å². The van der Waals surface area contributed by atoms with Crippen LogP contribution in [0.4, 0.5) is 0 Å². The van der Waals surface area contributed by atoms with Crippen LogP contribution in [0.25, 0.3) is 0 Å². The first-order valence-corrected chi connectivity index (χ1v) is 7.12. The normalized spacial score (nSPS) is 19.7. The zero-order valence-corrected chi connectivity index (χ0v) is 11.5. The largest absolute Gasteiger partial charge is 0.343 e. The maximum atomic E-state index is 12.0. The van der Waals surface area contributed by atoms with Gasteiger partial charge in [-0.3, -0.25) is 4.79 Å². The molecule has 0 aromatic rings. The van der Waals surface area contributed by atoms with Gasteiger partial charge in [-0.25, -0.2) is 0 Å². The SMILES string of the molecule is CC(N)CCCC(=O)N(C)C1CCCCCC1. The molecule has 2 N–H and O–H groups in total. The molecule has 3 nitrogen and oxygen atoms in total. The maximum Gasteiger partial charge on any atom is 0.222 e. The molecule has 0 aliphatic heterocycles. The van der Waals surface area contributed by atoms with Crippen molar-refractivity contribution in [2.24, 2.45) is 5.73 Å². The Morgan fingerprint density at radius 2 is 1.88 bits per heavy atom. The summed E-state index contributed by atoms with van der Waals surface area (Å²) in [6, 6.07) is 0.700. The number of hydrogen-bond acceptors (Lipinski definition) is 2. The first kappa shape index (κ1) is 14.5. The van der Waals surface area contributed by atoms with Crippen LogP contribution in [0.2, 0.25) is 0 Å². The second kappa shape index (κ2) is 7.70. The van der Waals surface area contributed by atoms with Crippen LogP contribution in [-0.4, -0.2) is 29.9 Å². The van der Waals surface area contributed by atoms with Crippen LogP contribution in [0.5, 0.6) is 0 Å². The van der Waals surface area contributed by atoms with Gasteiger partial charge in [0.1, 0.15) is 0 Å². The molecule has 1 aliphatic rings. The molecule has 0 heterocycles. The second-order valence-electron chi connectivity index (χ2n) is 5.52. The van der Waals surface area contributed by atoms with Gasteiger partial charge in [0.2, 0.25) is 5.91 Å². The predicted molar refractivity (Wildman–Crippen MR) is 71.8 cm³/mol. The summed E-state index contributed by atoms with van der Waals surface area (Å²) in [4.78, 5) is 14.0. The fourth-order valence-corrected chi connectivity index (χ4v) is 2.60. The number of nitrogens with zero attached hydrogens (tertiary/aromatic N) is 1. The summed E-state index contributed by atoms with van der Waals surface area (Å²) in [6.45, 7) is 2.00. The van der Waals surface area contributed by atoms with Crippen molar-refractivity contribution < 1.29 is 4.79 Å². The molecule has 0 saturated heterocycles. The Hall–Kier alpha value is -0.570. The van der Waals surface area contributed by atoms with Crippen molar-refractivity contribution in [3.05, 3.63) is 0 Å². The number of hydrogen-bond donors (Lipinski definition) is 1. The van der Waals surface area contributed by atoms with E-state index in [1.807, 2.05) is 18.9 Å². The van der Waals surface area contributed by atoms with Gasteiger partial charge in [-0.1, -0.05) is 25.7 Å². The zero-order chi connectivity index (χ0) is 12.7. The lowest BCUT2D eigenvalue weighted by Crippen LogP contribution is -2.36. The molecule has 0 aromatic carbocycles. The van der Waals surface area contributed by atoms with Gasteiger partial charge in [0.25, 0.3) is 0 Å². The quantitative estimate of drug-likeness (QED) is 0.751. The average molecular weight is 240 g/mol. The molecule has 0 aromatic heterocycles. The van der Waals surface area contributed by atoms with E-state index in [0.717, 1.165) is 12.8 Å².